The molecule has 0 N–H and O–H groups in total. The van der Waals surface area contributed by atoms with Crippen molar-refractivity contribution in [2.45, 2.75) is 25.0 Å². The first kappa shape index (κ1) is 17.5. The van der Waals surface area contributed by atoms with Gasteiger partial charge in [0.05, 0.1) is 23.1 Å². The average Bonchev–Trinajstić information content (AvgIpc) is 3.31. The van der Waals surface area contributed by atoms with E-state index in [1.807, 2.05) is 12.1 Å². The minimum atomic E-state index is -0.509. The van der Waals surface area contributed by atoms with Gasteiger partial charge in [-0.3, -0.25) is 9.59 Å². The number of carbonyl (C=O) groups is 1. The van der Waals surface area contributed by atoms with Gasteiger partial charge in [-0.25, -0.2) is 0 Å². The highest BCUT2D eigenvalue weighted by atomic mass is 35.5. The van der Waals surface area contributed by atoms with Crippen LogP contribution in [0.3, 0.4) is 0 Å². The quantitative estimate of drug-likeness (QED) is 0.667. The van der Waals surface area contributed by atoms with Gasteiger partial charge >= 0.3 is 0 Å². The zero-order valence-corrected chi connectivity index (χ0v) is 15.8. The van der Waals surface area contributed by atoms with Gasteiger partial charge < -0.3 is 14.1 Å². The number of carbonyl (C=O) groups excluding carboxylic acids is 1. The lowest BCUT2D eigenvalue weighted by Crippen LogP contribution is -2.36. The van der Waals surface area contributed by atoms with Gasteiger partial charge in [0, 0.05) is 18.2 Å². The molecule has 2 aliphatic heterocycles. The van der Waals surface area contributed by atoms with E-state index in [0.29, 0.717) is 34.7 Å². The van der Waals surface area contributed by atoms with E-state index in [2.05, 4.69) is 0 Å². The number of amides is 1. The minimum absolute atomic E-state index is 0.0300. The first-order valence-electron chi connectivity index (χ1n) is 9.37. The molecule has 1 saturated heterocycles. The molecule has 2 aromatic carbocycles. The Kier molecular flexibility index (Phi) is 4.22. The Hall–Kier alpha value is -2.63. The third kappa shape index (κ3) is 2.74. The number of para-hydroxylation sites is 1. The number of ether oxygens (including phenoxy) is 1. The van der Waals surface area contributed by atoms with Crippen LogP contribution in [0.4, 0.5) is 0 Å². The van der Waals surface area contributed by atoms with Gasteiger partial charge in [-0.05, 0) is 42.7 Å². The van der Waals surface area contributed by atoms with Gasteiger partial charge in [0.25, 0.3) is 5.91 Å². The van der Waals surface area contributed by atoms with Gasteiger partial charge in [0.1, 0.15) is 5.58 Å². The van der Waals surface area contributed by atoms with Crippen LogP contribution in [-0.2, 0) is 4.74 Å². The topological polar surface area (TPSA) is 59.8 Å². The molecule has 1 fully saturated rings. The van der Waals surface area contributed by atoms with Crippen molar-refractivity contribution in [3.05, 3.63) is 80.7 Å². The summed E-state index contributed by atoms with van der Waals surface area (Å²) < 4.78 is 11.7. The maximum atomic E-state index is 13.3. The Labute approximate surface area is 166 Å². The largest absolute Gasteiger partial charge is 0.450 e. The fourth-order valence-corrected chi connectivity index (χ4v) is 4.28. The van der Waals surface area contributed by atoms with Crippen LogP contribution in [0.2, 0.25) is 5.02 Å². The summed E-state index contributed by atoms with van der Waals surface area (Å²) in [6, 6.07) is 13.8. The van der Waals surface area contributed by atoms with E-state index < -0.39 is 6.04 Å². The van der Waals surface area contributed by atoms with Gasteiger partial charge in [-0.1, -0.05) is 35.9 Å². The summed E-state index contributed by atoms with van der Waals surface area (Å²) >= 11 is 6.05. The van der Waals surface area contributed by atoms with E-state index in [0.717, 1.165) is 18.4 Å². The smallest absolute Gasteiger partial charge is 0.291 e. The highest BCUT2D eigenvalue weighted by Crippen LogP contribution is 2.39. The first-order chi connectivity index (χ1) is 13.6. The van der Waals surface area contributed by atoms with E-state index in [1.165, 1.54) is 0 Å². The molecule has 2 aliphatic rings. The molecule has 1 aromatic heterocycles. The van der Waals surface area contributed by atoms with E-state index in [1.54, 1.807) is 41.3 Å². The van der Waals surface area contributed by atoms with E-state index in [4.69, 9.17) is 20.8 Å². The lowest BCUT2D eigenvalue weighted by molar-refractivity contribution is 0.0486. The predicted molar refractivity (Wildman–Crippen MR) is 106 cm³/mol. The first-order valence-corrected chi connectivity index (χ1v) is 9.75. The number of benzene rings is 2. The lowest BCUT2D eigenvalue weighted by atomic mass is 9.98. The van der Waals surface area contributed by atoms with Crippen LogP contribution in [-0.4, -0.2) is 30.1 Å². The summed E-state index contributed by atoms with van der Waals surface area (Å²) in [4.78, 5) is 28.2. The second kappa shape index (κ2) is 6.76. The van der Waals surface area contributed by atoms with E-state index >= 15 is 0 Å². The Balaban J connectivity index is 1.70. The van der Waals surface area contributed by atoms with Crippen LogP contribution in [0.15, 0.2) is 57.7 Å². The maximum Gasteiger partial charge on any atom is 0.291 e. The summed E-state index contributed by atoms with van der Waals surface area (Å²) in [5.41, 5.74) is 1.48. The average molecular weight is 396 g/mol. The third-order valence-corrected chi connectivity index (χ3v) is 5.74. The molecular formula is C22H18ClNO4. The van der Waals surface area contributed by atoms with Crippen molar-refractivity contribution in [1.82, 2.24) is 4.90 Å². The van der Waals surface area contributed by atoms with Crippen molar-refractivity contribution in [1.29, 1.82) is 0 Å². The molecular weight excluding hydrogens is 378 g/mol. The van der Waals surface area contributed by atoms with E-state index in [-0.39, 0.29) is 23.2 Å². The van der Waals surface area contributed by atoms with Crippen LogP contribution in [0.25, 0.3) is 11.0 Å². The number of hydrogen-bond acceptors (Lipinski definition) is 4. The van der Waals surface area contributed by atoms with Gasteiger partial charge in [0.15, 0.2) is 5.43 Å². The zero-order chi connectivity index (χ0) is 19.3. The van der Waals surface area contributed by atoms with Crippen LogP contribution in [0.5, 0.6) is 0 Å². The Bertz CT molecular complexity index is 1120. The zero-order valence-electron chi connectivity index (χ0n) is 15.1. The normalized spacial score (nSPS) is 21.5. The Morgan fingerprint density at radius 2 is 1.86 bits per heavy atom. The lowest BCUT2D eigenvalue weighted by Gasteiger charge is -2.27. The van der Waals surface area contributed by atoms with Crippen molar-refractivity contribution < 1.29 is 13.9 Å². The molecule has 2 atom stereocenters. The van der Waals surface area contributed by atoms with E-state index in [9.17, 15) is 9.59 Å². The monoisotopic (exact) mass is 395 g/mol. The van der Waals surface area contributed by atoms with Crippen molar-refractivity contribution >= 4 is 28.5 Å². The molecule has 0 unspecified atom stereocenters. The summed E-state index contributed by atoms with van der Waals surface area (Å²) in [5, 5.41) is 1.08. The highest BCUT2D eigenvalue weighted by Gasteiger charge is 2.43. The number of halogens is 1. The van der Waals surface area contributed by atoms with Gasteiger partial charge in [-0.15, -0.1) is 0 Å². The van der Waals surface area contributed by atoms with Crippen molar-refractivity contribution in [2.24, 2.45) is 0 Å². The summed E-state index contributed by atoms with van der Waals surface area (Å²) in [6.45, 7) is 1.12. The number of nitrogens with zero attached hydrogens (tertiary/aromatic N) is 1. The van der Waals surface area contributed by atoms with Gasteiger partial charge in [0.2, 0.25) is 5.76 Å². The summed E-state index contributed by atoms with van der Waals surface area (Å²) in [5.74, 6) is -0.144. The van der Waals surface area contributed by atoms with Crippen molar-refractivity contribution in [3.63, 3.8) is 0 Å². The number of rotatable bonds is 3. The highest BCUT2D eigenvalue weighted by molar-refractivity contribution is 6.30. The van der Waals surface area contributed by atoms with Crippen LogP contribution in [0, 0.1) is 0 Å². The van der Waals surface area contributed by atoms with Crippen LogP contribution in [0.1, 0.15) is 40.6 Å². The molecule has 0 aliphatic carbocycles. The molecule has 0 radical (unpaired) electrons. The molecule has 0 saturated carbocycles. The molecule has 3 aromatic rings. The molecule has 142 valence electrons. The molecule has 0 bridgehead atoms. The third-order valence-electron chi connectivity index (χ3n) is 5.48. The Morgan fingerprint density at radius 1 is 1.07 bits per heavy atom. The second-order valence-electron chi connectivity index (χ2n) is 7.22. The molecule has 6 heteroatoms. The summed E-state index contributed by atoms with van der Waals surface area (Å²) in [7, 11) is 0. The van der Waals surface area contributed by atoms with Crippen molar-refractivity contribution in [3.8, 4) is 0 Å². The number of hydrogen-bond donors (Lipinski definition) is 0. The molecule has 5 rings (SSSR count). The standard InChI is InChI=1S/C22H18ClNO4/c23-14-9-7-13(8-10-14)19-18-20(25)16-5-1-2-6-17(16)28-21(18)22(26)24(19)12-15-4-3-11-27-15/h1-2,5-10,15,19H,3-4,11-12H2/t15-,19+/m0/s1. The predicted octanol–water partition coefficient (Wildman–Crippen LogP) is 4.17. The van der Waals surface area contributed by atoms with Crippen LogP contribution < -0.4 is 5.43 Å². The maximum absolute atomic E-state index is 13.3. The molecule has 3 heterocycles. The molecule has 5 nitrogen and oxygen atoms in total. The SMILES string of the molecule is O=C1c2oc3ccccc3c(=O)c2[C@@H](c2ccc(Cl)cc2)N1C[C@@H]1CCCO1. The Morgan fingerprint density at radius 3 is 2.61 bits per heavy atom. The van der Waals surface area contributed by atoms with Gasteiger partial charge in [-0.2, -0.15) is 0 Å². The van der Waals surface area contributed by atoms with Crippen LogP contribution >= 0.6 is 11.6 Å². The minimum Gasteiger partial charge on any atom is -0.450 e. The second-order valence-corrected chi connectivity index (χ2v) is 7.65. The van der Waals surface area contributed by atoms with Crippen molar-refractivity contribution in [2.75, 3.05) is 13.2 Å². The fraction of sp³-hybridized carbons (Fsp3) is 0.273. The summed E-state index contributed by atoms with van der Waals surface area (Å²) in [6.07, 6.45) is 1.85. The number of fused-ring (bicyclic) bond motifs is 2. The molecule has 1 amide bonds. The fourth-order valence-electron chi connectivity index (χ4n) is 4.15. The molecule has 28 heavy (non-hydrogen) atoms. The molecule has 0 spiro atoms.